The van der Waals surface area contributed by atoms with Gasteiger partial charge < -0.3 is 42.7 Å². The van der Waals surface area contributed by atoms with E-state index in [2.05, 4.69) is 12.6 Å². The summed E-state index contributed by atoms with van der Waals surface area (Å²) in [6, 6.07) is -3.10. The molecule has 11 N–H and O–H groups in total. The van der Waals surface area contributed by atoms with Gasteiger partial charge >= 0.3 is 17.9 Å². The summed E-state index contributed by atoms with van der Waals surface area (Å²) in [7, 11) is 0. The van der Waals surface area contributed by atoms with Crippen LogP contribution in [0.5, 0.6) is 0 Å². The Morgan fingerprint density at radius 3 is 1.32 bits per heavy atom. The van der Waals surface area contributed by atoms with Crippen LogP contribution >= 0.6 is 12.6 Å². The Kier molecular flexibility index (Phi) is 16.8. The Morgan fingerprint density at radius 1 is 0.955 bits per heavy atom. The van der Waals surface area contributed by atoms with Crippen LogP contribution in [0.15, 0.2) is 0 Å². The Balaban J connectivity index is -0.000000247. The van der Waals surface area contributed by atoms with Crippen LogP contribution in [0.3, 0.4) is 0 Å². The second-order valence-electron chi connectivity index (χ2n) is 3.86. The van der Waals surface area contributed by atoms with Gasteiger partial charge in [0.2, 0.25) is 0 Å². The van der Waals surface area contributed by atoms with Crippen molar-refractivity contribution in [2.24, 2.45) is 17.2 Å². The summed E-state index contributed by atoms with van der Waals surface area (Å²) in [5, 5.41) is 40.5. The fourth-order valence-electron chi connectivity index (χ4n) is 0.363. The van der Waals surface area contributed by atoms with E-state index in [1.807, 2.05) is 0 Å². The molecule has 132 valence electrons. The largest absolute Gasteiger partial charge is 0.480 e. The van der Waals surface area contributed by atoms with Gasteiger partial charge in [-0.25, -0.2) is 0 Å². The molecule has 0 radical (unpaired) electrons. The SMILES string of the molecule is C[C@@H](O)[C@H](N)C(=O)O.N[C@@H](CO)C(=O)O.N[C@@H](CS)C(=O)O. The van der Waals surface area contributed by atoms with Crippen LogP contribution in [0, 0.1) is 0 Å². The molecule has 0 amide bonds. The Morgan fingerprint density at radius 2 is 1.32 bits per heavy atom. The first-order valence-electron chi connectivity index (χ1n) is 5.77. The highest BCUT2D eigenvalue weighted by molar-refractivity contribution is 7.80. The zero-order valence-corrected chi connectivity index (χ0v) is 12.8. The molecule has 11 nitrogen and oxygen atoms in total. The number of hydrogen-bond acceptors (Lipinski definition) is 9. The average molecular weight is 345 g/mol. The van der Waals surface area contributed by atoms with Gasteiger partial charge in [-0.3, -0.25) is 14.4 Å². The van der Waals surface area contributed by atoms with Gasteiger partial charge in [0.1, 0.15) is 18.1 Å². The predicted octanol–water partition coefficient (Wildman–Crippen LogP) is -3.50. The summed E-state index contributed by atoms with van der Waals surface area (Å²) in [6.45, 7) is 0.827. The molecule has 0 spiro atoms. The monoisotopic (exact) mass is 345 g/mol. The fraction of sp³-hybridized carbons (Fsp3) is 0.700. The van der Waals surface area contributed by atoms with Crippen molar-refractivity contribution in [2.75, 3.05) is 12.4 Å². The zero-order chi connectivity index (χ0) is 18.5. The average Bonchev–Trinajstić information content (AvgIpc) is 2.45. The minimum absolute atomic E-state index is 0.190. The lowest BCUT2D eigenvalue weighted by Crippen LogP contribution is -2.39. The molecule has 0 saturated heterocycles. The van der Waals surface area contributed by atoms with Gasteiger partial charge in [0.15, 0.2) is 0 Å². The van der Waals surface area contributed by atoms with Crippen LogP contribution in [-0.4, -0.2) is 80.0 Å². The first-order valence-corrected chi connectivity index (χ1v) is 6.40. The summed E-state index contributed by atoms with van der Waals surface area (Å²) in [5.74, 6) is -3.17. The highest BCUT2D eigenvalue weighted by atomic mass is 32.1. The summed E-state index contributed by atoms with van der Waals surface area (Å²) in [5.41, 5.74) is 14.6. The molecule has 0 unspecified atom stereocenters. The quantitative estimate of drug-likeness (QED) is 0.214. The summed E-state index contributed by atoms with van der Waals surface area (Å²) in [4.78, 5) is 29.3. The summed E-state index contributed by atoms with van der Waals surface area (Å²) >= 11 is 3.65. The molecule has 0 aliphatic carbocycles. The van der Waals surface area contributed by atoms with Crippen LogP contribution in [0.25, 0.3) is 0 Å². The van der Waals surface area contributed by atoms with Gasteiger partial charge in [-0.2, -0.15) is 12.6 Å². The second kappa shape index (κ2) is 14.5. The molecule has 0 aliphatic rings. The molecule has 0 saturated carbocycles. The lowest BCUT2D eigenvalue weighted by Gasteiger charge is -2.06. The van der Waals surface area contributed by atoms with Crippen molar-refractivity contribution < 1.29 is 39.9 Å². The van der Waals surface area contributed by atoms with Gasteiger partial charge in [0.25, 0.3) is 0 Å². The third kappa shape index (κ3) is 16.6. The molecule has 0 aliphatic heterocycles. The van der Waals surface area contributed by atoms with E-state index in [1.54, 1.807) is 0 Å². The lowest BCUT2D eigenvalue weighted by molar-refractivity contribution is -0.141. The van der Waals surface area contributed by atoms with Gasteiger partial charge in [-0.1, -0.05) is 0 Å². The topological polar surface area (TPSA) is 230 Å². The number of rotatable bonds is 6. The number of carbonyl (C=O) groups is 3. The normalized spacial score (nSPS) is 14.9. The Bertz CT molecular complexity index is 322. The van der Waals surface area contributed by atoms with E-state index < -0.39 is 48.7 Å². The van der Waals surface area contributed by atoms with Crippen LogP contribution < -0.4 is 17.2 Å². The zero-order valence-electron chi connectivity index (χ0n) is 11.9. The minimum Gasteiger partial charge on any atom is -0.480 e. The van der Waals surface area contributed by atoms with Crippen LogP contribution in [-0.2, 0) is 14.4 Å². The number of hydrogen-bond donors (Lipinski definition) is 9. The first kappa shape index (κ1) is 25.5. The van der Waals surface area contributed by atoms with E-state index in [4.69, 9.17) is 42.7 Å². The minimum atomic E-state index is -1.18. The van der Waals surface area contributed by atoms with E-state index in [0.717, 1.165) is 0 Å². The highest BCUT2D eigenvalue weighted by Crippen LogP contribution is 1.85. The molecular formula is C10H23N3O8S. The number of nitrogens with two attached hydrogens (primary N) is 3. The standard InChI is InChI=1S/C4H9NO3.C3H7NO3.C3H7NO2S/c1-2(6)3(5)4(7)8;4-2(1-5)3(6)7;4-2(1-7)3(5)6/h2-3,6H,5H2,1H3,(H,7,8);2,5H,1,4H2,(H,6,7);2,7H,1,4H2,(H,5,6)/t2-,3+;2*2-/m100/s1. The number of thiol groups is 1. The van der Waals surface area contributed by atoms with Gasteiger partial charge in [0.05, 0.1) is 12.7 Å². The Labute approximate surface area is 132 Å². The fourth-order valence-corrected chi connectivity index (χ4v) is 0.519. The molecule has 22 heavy (non-hydrogen) atoms. The Hall–Kier alpha value is -1.44. The van der Waals surface area contributed by atoms with E-state index in [9.17, 15) is 14.4 Å². The van der Waals surface area contributed by atoms with Crippen LogP contribution in [0.1, 0.15) is 6.92 Å². The van der Waals surface area contributed by atoms with Crippen LogP contribution in [0.2, 0.25) is 0 Å². The maximum Gasteiger partial charge on any atom is 0.323 e. The number of carboxylic acids is 3. The summed E-state index contributed by atoms with van der Waals surface area (Å²) in [6.07, 6.45) is -0.979. The van der Waals surface area contributed by atoms with E-state index >= 15 is 0 Å². The molecular weight excluding hydrogens is 322 g/mol. The number of aliphatic carboxylic acids is 3. The highest BCUT2D eigenvalue weighted by Gasteiger charge is 2.16. The van der Waals surface area contributed by atoms with Gasteiger partial charge in [-0.15, -0.1) is 0 Å². The molecule has 0 rings (SSSR count). The predicted molar refractivity (Wildman–Crippen MR) is 79.5 cm³/mol. The van der Waals surface area contributed by atoms with Crippen molar-refractivity contribution in [3.05, 3.63) is 0 Å². The van der Waals surface area contributed by atoms with Crippen LogP contribution in [0.4, 0.5) is 0 Å². The van der Waals surface area contributed by atoms with E-state index in [-0.39, 0.29) is 5.75 Å². The number of aliphatic hydroxyl groups is 2. The molecule has 12 heteroatoms. The van der Waals surface area contributed by atoms with Crippen molar-refractivity contribution in [1.29, 1.82) is 0 Å². The smallest absolute Gasteiger partial charge is 0.323 e. The van der Waals surface area contributed by atoms with Crippen molar-refractivity contribution in [3.63, 3.8) is 0 Å². The maximum absolute atomic E-state index is 9.86. The van der Waals surface area contributed by atoms with Crippen molar-refractivity contribution in [3.8, 4) is 0 Å². The maximum atomic E-state index is 9.86. The van der Waals surface area contributed by atoms with Crippen molar-refractivity contribution in [2.45, 2.75) is 31.2 Å². The van der Waals surface area contributed by atoms with Gasteiger partial charge in [-0.05, 0) is 6.92 Å². The molecule has 0 aromatic heterocycles. The number of carboxylic acid groups (broad SMARTS) is 3. The molecule has 0 heterocycles. The second-order valence-corrected chi connectivity index (χ2v) is 4.22. The third-order valence-corrected chi connectivity index (χ3v) is 2.23. The number of aliphatic hydroxyl groups excluding tert-OH is 2. The molecule has 0 aromatic carbocycles. The molecule has 0 aromatic rings. The third-order valence-electron chi connectivity index (χ3n) is 1.83. The molecule has 4 atom stereocenters. The van der Waals surface area contributed by atoms with Gasteiger partial charge in [0, 0.05) is 5.75 Å². The lowest BCUT2D eigenvalue weighted by atomic mass is 10.2. The van der Waals surface area contributed by atoms with Crippen molar-refractivity contribution in [1.82, 2.24) is 0 Å². The molecule has 0 fully saturated rings. The van der Waals surface area contributed by atoms with Crippen molar-refractivity contribution >= 4 is 30.5 Å². The van der Waals surface area contributed by atoms with E-state index in [0.29, 0.717) is 0 Å². The molecule has 0 bridgehead atoms. The first-order chi connectivity index (χ1) is 9.91. The van der Waals surface area contributed by atoms with E-state index in [1.165, 1.54) is 6.92 Å². The summed E-state index contributed by atoms with van der Waals surface area (Å²) < 4.78 is 0.